The highest BCUT2D eigenvalue weighted by atomic mass is 16.4. The lowest BCUT2D eigenvalue weighted by atomic mass is 10.2. The number of carbonyl (C=O) groups is 2. The minimum atomic E-state index is -0.918. The van der Waals surface area contributed by atoms with Crippen molar-refractivity contribution in [2.45, 2.75) is 31.8 Å². The van der Waals surface area contributed by atoms with Gasteiger partial charge in [0.1, 0.15) is 6.04 Å². The molecule has 0 saturated carbocycles. The van der Waals surface area contributed by atoms with Crippen molar-refractivity contribution < 1.29 is 14.7 Å². The van der Waals surface area contributed by atoms with E-state index in [0.717, 1.165) is 6.42 Å². The van der Waals surface area contributed by atoms with Gasteiger partial charge in [-0.1, -0.05) is 0 Å². The third-order valence-electron chi connectivity index (χ3n) is 3.23. The van der Waals surface area contributed by atoms with Crippen LogP contribution in [0.5, 0.6) is 0 Å². The summed E-state index contributed by atoms with van der Waals surface area (Å²) in [5.74, 6) is -0.918. The molecule has 2 N–H and O–H groups in total. The van der Waals surface area contributed by atoms with E-state index >= 15 is 0 Å². The van der Waals surface area contributed by atoms with Crippen molar-refractivity contribution in [2.75, 3.05) is 27.2 Å². The number of urea groups is 1. The summed E-state index contributed by atoms with van der Waals surface area (Å²) in [4.78, 5) is 26.2. The van der Waals surface area contributed by atoms with Crippen LogP contribution in [-0.4, -0.2) is 66.2 Å². The number of likely N-dealkylation sites (tertiary alicyclic amines) is 1. The lowest BCUT2D eigenvalue weighted by molar-refractivity contribution is -0.141. The second-order valence-corrected chi connectivity index (χ2v) is 4.69. The molecule has 2 amide bonds. The molecule has 2 atom stereocenters. The maximum Gasteiger partial charge on any atom is 0.326 e. The van der Waals surface area contributed by atoms with Crippen LogP contribution in [0.2, 0.25) is 0 Å². The molecule has 1 aliphatic heterocycles. The number of carboxylic acid groups (broad SMARTS) is 1. The second kappa shape index (κ2) is 5.86. The number of carboxylic acids is 1. The highest BCUT2D eigenvalue weighted by molar-refractivity contribution is 5.83. The molecule has 0 spiro atoms. The smallest absolute Gasteiger partial charge is 0.326 e. The lowest BCUT2D eigenvalue weighted by Crippen LogP contribution is -2.48. The van der Waals surface area contributed by atoms with Crippen LogP contribution >= 0.6 is 0 Å². The van der Waals surface area contributed by atoms with E-state index in [2.05, 4.69) is 5.32 Å². The molecule has 1 unspecified atom stereocenters. The van der Waals surface area contributed by atoms with Gasteiger partial charge in [-0.05, 0) is 33.9 Å². The number of nitrogens with one attached hydrogen (secondary N) is 1. The third-order valence-corrected chi connectivity index (χ3v) is 3.23. The van der Waals surface area contributed by atoms with Crippen molar-refractivity contribution in [1.82, 2.24) is 15.1 Å². The Labute approximate surface area is 102 Å². The number of aliphatic carboxylic acids is 1. The average molecular weight is 243 g/mol. The fourth-order valence-electron chi connectivity index (χ4n) is 1.79. The van der Waals surface area contributed by atoms with Crippen LogP contribution in [0.25, 0.3) is 0 Å². The van der Waals surface area contributed by atoms with Gasteiger partial charge in [0.15, 0.2) is 0 Å². The Balaban J connectivity index is 2.44. The highest BCUT2D eigenvalue weighted by Gasteiger charge is 2.33. The maximum atomic E-state index is 11.8. The van der Waals surface area contributed by atoms with Crippen LogP contribution in [0.15, 0.2) is 0 Å². The second-order valence-electron chi connectivity index (χ2n) is 4.69. The number of hydrogen-bond acceptors (Lipinski definition) is 3. The minimum Gasteiger partial charge on any atom is -0.480 e. The fraction of sp³-hybridized carbons (Fsp3) is 0.818. The molecule has 0 aromatic carbocycles. The number of nitrogens with zero attached hydrogens (tertiary/aromatic N) is 2. The number of rotatable bonds is 4. The minimum absolute atomic E-state index is 0.227. The van der Waals surface area contributed by atoms with Crippen molar-refractivity contribution in [1.29, 1.82) is 0 Å². The zero-order valence-electron chi connectivity index (χ0n) is 10.6. The van der Waals surface area contributed by atoms with E-state index in [-0.39, 0.29) is 12.1 Å². The summed E-state index contributed by atoms with van der Waals surface area (Å²) in [5.41, 5.74) is 0. The normalized spacial score (nSPS) is 21.6. The number of likely N-dealkylation sites (N-methyl/N-ethyl adjacent to an activating group) is 1. The molecular formula is C11H21N3O3. The first-order valence-corrected chi connectivity index (χ1v) is 5.87. The molecule has 1 fully saturated rings. The lowest BCUT2D eigenvalue weighted by Gasteiger charge is -2.25. The monoisotopic (exact) mass is 243 g/mol. The average Bonchev–Trinajstić information content (AvgIpc) is 2.73. The van der Waals surface area contributed by atoms with Gasteiger partial charge in [0, 0.05) is 19.1 Å². The largest absolute Gasteiger partial charge is 0.480 e. The van der Waals surface area contributed by atoms with Crippen LogP contribution in [0.1, 0.15) is 19.8 Å². The Bertz CT molecular complexity index is 294. The van der Waals surface area contributed by atoms with E-state index in [0.29, 0.717) is 19.5 Å². The van der Waals surface area contributed by atoms with E-state index in [1.165, 1.54) is 4.90 Å². The fourth-order valence-corrected chi connectivity index (χ4v) is 1.79. The third kappa shape index (κ3) is 3.59. The Kier molecular flexibility index (Phi) is 4.74. The first-order chi connectivity index (χ1) is 7.93. The Hall–Kier alpha value is -1.30. The molecule has 6 heteroatoms. The van der Waals surface area contributed by atoms with Gasteiger partial charge in [-0.25, -0.2) is 9.59 Å². The molecular weight excluding hydrogens is 222 g/mol. The van der Waals surface area contributed by atoms with Gasteiger partial charge in [0.2, 0.25) is 0 Å². The molecule has 0 aromatic rings. The van der Waals surface area contributed by atoms with Crippen LogP contribution in [-0.2, 0) is 4.79 Å². The topological polar surface area (TPSA) is 72.9 Å². The first kappa shape index (κ1) is 13.8. The zero-order chi connectivity index (χ0) is 13.0. The van der Waals surface area contributed by atoms with Crippen molar-refractivity contribution >= 4 is 12.0 Å². The van der Waals surface area contributed by atoms with Crippen molar-refractivity contribution in [3.63, 3.8) is 0 Å². The predicted octanol–water partition coefficient (Wildman–Crippen LogP) is 0.195. The summed E-state index contributed by atoms with van der Waals surface area (Å²) in [5, 5.41) is 11.7. The van der Waals surface area contributed by atoms with Crippen LogP contribution in [0.4, 0.5) is 4.79 Å². The molecule has 1 saturated heterocycles. The first-order valence-electron chi connectivity index (χ1n) is 5.87. The van der Waals surface area contributed by atoms with E-state index < -0.39 is 12.0 Å². The molecule has 0 radical (unpaired) electrons. The predicted molar refractivity (Wildman–Crippen MR) is 63.9 cm³/mol. The molecule has 1 heterocycles. The molecule has 0 bridgehead atoms. The zero-order valence-corrected chi connectivity index (χ0v) is 10.6. The van der Waals surface area contributed by atoms with Gasteiger partial charge in [-0.3, -0.25) is 0 Å². The summed E-state index contributed by atoms with van der Waals surface area (Å²) < 4.78 is 0. The highest BCUT2D eigenvalue weighted by Crippen LogP contribution is 2.17. The molecule has 6 nitrogen and oxygen atoms in total. The van der Waals surface area contributed by atoms with Gasteiger partial charge in [-0.2, -0.15) is 0 Å². The molecule has 0 aliphatic carbocycles. The van der Waals surface area contributed by atoms with Gasteiger partial charge < -0.3 is 20.2 Å². The summed E-state index contributed by atoms with van der Waals surface area (Å²) in [7, 11) is 3.87. The summed E-state index contributed by atoms with van der Waals surface area (Å²) in [6.07, 6.45) is 1.31. The van der Waals surface area contributed by atoms with Crippen molar-refractivity contribution in [3.05, 3.63) is 0 Å². The molecule has 1 rings (SSSR count). The Morgan fingerprint density at radius 2 is 2.18 bits per heavy atom. The molecule has 17 heavy (non-hydrogen) atoms. The Morgan fingerprint density at radius 1 is 1.53 bits per heavy atom. The number of carbonyl (C=O) groups excluding carboxylic acids is 1. The van der Waals surface area contributed by atoms with Crippen LogP contribution in [0, 0.1) is 0 Å². The van der Waals surface area contributed by atoms with Gasteiger partial charge in [0.05, 0.1) is 0 Å². The van der Waals surface area contributed by atoms with Crippen LogP contribution in [0.3, 0.4) is 0 Å². The standard InChI is InChI=1S/C11H21N3O3/c1-8(13(2)3)7-12-11(17)14-6-4-5-9(14)10(15)16/h8-9H,4-7H2,1-3H3,(H,12,17)(H,15,16)/t8?,9-/m0/s1. The number of amides is 2. The molecule has 98 valence electrons. The summed E-state index contributed by atoms with van der Waals surface area (Å²) >= 11 is 0. The van der Waals surface area contributed by atoms with Crippen molar-refractivity contribution in [3.8, 4) is 0 Å². The van der Waals surface area contributed by atoms with Crippen LogP contribution < -0.4 is 5.32 Å². The van der Waals surface area contributed by atoms with Crippen molar-refractivity contribution in [2.24, 2.45) is 0 Å². The Morgan fingerprint density at radius 3 is 2.71 bits per heavy atom. The van der Waals surface area contributed by atoms with Gasteiger partial charge in [-0.15, -0.1) is 0 Å². The van der Waals surface area contributed by atoms with E-state index in [1.54, 1.807) is 0 Å². The quantitative estimate of drug-likeness (QED) is 0.739. The molecule has 1 aliphatic rings. The summed E-state index contributed by atoms with van der Waals surface area (Å²) in [6.45, 7) is 3.05. The van der Waals surface area contributed by atoms with E-state index in [4.69, 9.17) is 5.11 Å². The van der Waals surface area contributed by atoms with Gasteiger partial charge >= 0.3 is 12.0 Å². The molecule has 0 aromatic heterocycles. The van der Waals surface area contributed by atoms with E-state index in [9.17, 15) is 9.59 Å². The summed E-state index contributed by atoms with van der Waals surface area (Å²) in [6, 6.07) is -0.710. The van der Waals surface area contributed by atoms with Gasteiger partial charge in [0.25, 0.3) is 0 Å². The SMILES string of the molecule is CC(CNC(=O)N1CCC[C@H]1C(=O)O)N(C)C. The maximum absolute atomic E-state index is 11.8. The van der Waals surface area contributed by atoms with E-state index in [1.807, 2.05) is 25.9 Å². The number of hydrogen-bond donors (Lipinski definition) is 2.